The summed E-state index contributed by atoms with van der Waals surface area (Å²) in [5, 5.41) is 3.57. The lowest BCUT2D eigenvalue weighted by atomic mass is 10.1. The Morgan fingerprint density at radius 1 is 0.952 bits per heavy atom. The number of sulfonamides is 1. The second kappa shape index (κ2) is 14.6. The Kier molecular flexibility index (Phi) is 10.9. The monoisotopic (exact) mass is 611 g/mol. The highest BCUT2D eigenvalue weighted by Crippen LogP contribution is 2.27. The van der Waals surface area contributed by atoms with Crippen molar-refractivity contribution in [3.05, 3.63) is 89.4 Å². The summed E-state index contributed by atoms with van der Waals surface area (Å²) in [7, 11) is -4.16. The van der Waals surface area contributed by atoms with Gasteiger partial charge in [0.15, 0.2) is 0 Å². The minimum atomic E-state index is -4.16. The van der Waals surface area contributed by atoms with Gasteiger partial charge in [-0.25, -0.2) is 8.42 Å². The van der Waals surface area contributed by atoms with Crippen molar-refractivity contribution in [1.29, 1.82) is 0 Å². The van der Waals surface area contributed by atoms with Crippen LogP contribution in [-0.2, 0) is 26.2 Å². The summed E-state index contributed by atoms with van der Waals surface area (Å²) in [5.74, 6) is -0.212. The first-order valence-corrected chi connectivity index (χ1v) is 16.2. The number of anilines is 1. The summed E-state index contributed by atoms with van der Waals surface area (Å²) in [5.41, 5.74) is 1.00. The number of halogens is 1. The third-order valence-electron chi connectivity index (χ3n) is 7.43. The number of nitrogens with one attached hydrogen (secondary N) is 1. The molecule has 0 heterocycles. The number of nitrogens with zero attached hydrogens (tertiary/aromatic N) is 2. The maximum Gasteiger partial charge on any atom is 0.264 e. The topological polar surface area (TPSA) is 96.0 Å². The zero-order valence-corrected chi connectivity index (χ0v) is 25.6. The maximum absolute atomic E-state index is 14.2. The molecule has 0 spiro atoms. The van der Waals surface area contributed by atoms with E-state index in [-0.39, 0.29) is 23.4 Å². The van der Waals surface area contributed by atoms with Crippen LogP contribution in [0.15, 0.2) is 83.8 Å². The predicted molar refractivity (Wildman–Crippen MR) is 165 cm³/mol. The highest BCUT2D eigenvalue weighted by Gasteiger charge is 2.34. The van der Waals surface area contributed by atoms with E-state index in [1.165, 1.54) is 17.0 Å². The van der Waals surface area contributed by atoms with Gasteiger partial charge in [0.2, 0.25) is 11.8 Å². The van der Waals surface area contributed by atoms with Crippen LogP contribution in [0.2, 0.25) is 5.02 Å². The molecule has 1 aliphatic carbocycles. The van der Waals surface area contributed by atoms with Gasteiger partial charge in [-0.2, -0.15) is 0 Å². The van der Waals surface area contributed by atoms with Crippen LogP contribution < -0.4 is 14.4 Å². The summed E-state index contributed by atoms with van der Waals surface area (Å²) in [6, 6.07) is 21.0. The zero-order valence-electron chi connectivity index (χ0n) is 24.0. The molecule has 1 aliphatic rings. The summed E-state index contributed by atoms with van der Waals surface area (Å²) in [6.07, 6.45) is 4.27. The van der Waals surface area contributed by atoms with Gasteiger partial charge in [0, 0.05) is 17.6 Å². The lowest BCUT2D eigenvalue weighted by Crippen LogP contribution is -2.53. The molecule has 0 radical (unpaired) electrons. The van der Waals surface area contributed by atoms with Gasteiger partial charge in [0.25, 0.3) is 10.0 Å². The number of hydrogen-bond acceptors (Lipinski definition) is 5. The van der Waals surface area contributed by atoms with Crippen LogP contribution in [0.3, 0.4) is 0 Å². The number of para-hydroxylation sites is 1. The highest BCUT2D eigenvalue weighted by atomic mass is 35.5. The van der Waals surface area contributed by atoms with Crippen molar-refractivity contribution in [1.82, 2.24) is 10.2 Å². The molecule has 1 saturated carbocycles. The highest BCUT2D eigenvalue weighted by molar-refractivity contribution is 7.92. The lowest BCUT2D eigenvalue weighted by molar-refractivity contribution is -0.140. The van der Waals surface area contributed by atoms with Crippen molar-refractivity contribution in [2.75, 3.05) is 17.5 Å². The molecule has 0 saturated heterocycles. The van der Waals surface area contributed by atoms with E-state index < -0.39 is 28.5 Å². The molecular formula is C32H38ClN3O5S. The summed E-state index contributed by atoms with van der Waals surface area (Å²) in [4.78, 5) is 29.2. The summed E-state index contributed by atoms with van der Waals surface area (Å²) < 4.78 is 34.5. The van der Waals surface area contributed by atoms with Crippen LogP contribution in [-0.4, -0.2) is 50.4 Å². The van der Waals surface area contributed by atoms with Crippen LogP contribution in [0.4, 0.5) is 5.69 Å². The van der Waals surface area contributed by atoms with Gasteiger partial charge < -0.3 is 15.0 Å². The Bertz CT molecular complexity index is 1440. The molecular weight excluding hydrogens is 574 g/mol. The van der Waals surface area contributed by atoms with Crippen LogP contribution >= 0.6 is 11.6 Å². The van der Waals surface area contributed by atoms with Gasteiger partial charge in [-0.1, -0.05) is 67.8 Å². The molecule has 8 nitrogen and oxygen atoms in total. The zero-order chi connectivity index (χ0) is 30.1. The number of hydrogen-bond donors (Lipinski definition) is 1. The third kappa shape index (κ3) is 7.63. The number of carbonyl (C=O) groups is 2. The number of rotatable bonds is 13. The van der Waals surface area contributed by atoms with Crippen molar-refractivity contribution >= 4 is 39.1 Å². The average Bonchev–Trinajstić information content (AvgIpc) is 3.50. The molecule has 0 unspecified atom stereocenters. The summed E-state index contributed by atoms with van der Waals surface area (Å²) >= 11 is 6.47. The van der Waals surface area contributed by atoms with E-state index in [9.17, 15) is 18.0 Å². The third-order valence-corrected chi connectivity index (χ3v) is 9.59. The Hall–Kier alpha value is -3.56. The van der Waals surface area contributed by atoms with Crippen LogP contribution in [0.1, 0.15) is 51.5 Å². The van der Waals surface area contributed by atoms with Crippen molar-refractivity contribution in [2.24, 2.45) is 0 Å². The first kappa shape index (κ1) is 31.4. The van der Waals surface area contributed by atoms with Crippen LogP contribution in [0, 0.1) is 0 Å². The maximum atomic E-state index is 14.2. The van der Waals surface area contributed by atoms with Crippen molar-refractivity contribution in [2.45, 2.75) is 69.5 Å². The minimum Gasteiger partial charge on any atom is -0.494 e. The fraction of sp³-hybridized carbons (Fsp3) is 0.375. The van der Waals surface area contributed by atoms with Gasteiger partial charge in [0.1, 0.15) is 18.3 Å². The first-order valence-electron chi connectivity index (χ1n) is 14.4. The normalized spacial score (nSPS) is 14.3. The molecule has 0 aliphatic heterocycles. The smallest absolute Gasteiger partial charge is 0.264 e. The molecule has 3 aromatic carbocycles. The number of ether oxygens (including phenoxy) is 1. The second-order valence-corrected chi connectivity index (χ2v) is 12.5. The van der Waals surface area contributed by atoms with E-state index in [0.29, 0.717) is 35.1 Å². The lowest BCUT2D eigenvalue weighted by Gasteiger charge is -2.34. The Labute approximate surface area is 253 Å². The molecule has 0 bridgehead atoms. The quantitative estimate of drug-likeness (QED) is 0.264. The van der Waals surface area contributed by atoms with Gasteiger partial charge in [-0.15, -0.1) is 0 Å². The molecule has 10 heteroatoms. The van der Waals surface area contributed by atoms with Crippen LogP contribution in [0.5, 0.6) is 5.75 Å². The van der Waals surface area contributed by atoms with Crippen molar-refractivity contribution < 1.29 is 22.7 Å². The number of benzene rings is 3. The summed E-state index contributed by atoms with van der Waals surface area (Å²) in [6.45, 7) is 3.69. The molecule has 42 heavy (non-hydrogen) atoms. The molecule has 1 atom stereocenters. The van der Waals surface area contributed by atoms with E-state index in [4.69, 9.17) is 16.3 Å². The average molecular weight is 612 g/mol. The van der Waals surface area contributed by atoms with E-state index in [1.807, 2.05) is 19.9 Å². The standard InChI is InChI=1S/C32H38ClN3O5S/c1-3-30(32(38)34-25-13-9-10-14-25)35(22-24-12-8-11-17-29(24)33)31(37)23-36(26-15-6-5-7-16-26)42(39,40)28-20-18-27(19-21-28)41-4-2/h5-8,11-12,15-21,25,30H,3-4,9-10,13-14,22-23H2,1-2H3,(H,34,38)/t30-/m1/s1. The van der Waals surface area contributed by atoms with Gasteiger partial charge in [0.05, 0.1) is 17.2 Å². The Morgan fingerprint density at radius 2 is 1.60 bits per heavy atom. The predicted octanol–water partition coefficient (Wildman–Crippen LogP) is 5.80. The molecule has 0 aromatic heterocycles. The molecule has 1 N–H and O–H groups in total. The first-order chi connectivity index (χ1) is 20.2. The van der Waals surface area contributed by atoms with E-state index in [2.05, 4.69) is 5.32 Å². The molecule has 224 valence electrons. The van der Waals surface area contributed by atoms with Crippen molar-refractivity contribution in [3.8, 4) is 5.75 Å². The Morgan fingerprint density at radius 3 is 2.21 bits per heavy atom. The van der Waals surface area contributed by atoms with Gasteiger partial charge >= 0.3 is 0 Å². The van der Waals surface area contributed by atoms with E-state index >= 15 is 0 Å². The Balaban J connectivity index is 1.69. The minimum absolute atomic E-state index is 0.0197. The fourth-order valence-electron chi connectivity index (χ4n) is 5.22. The number of carbonyl (C=O) groups excluding carboxylic acids is 2. The van der Waals surface area contributed by atoms with Gasteiger partial charge in [-0.05, 0) is 74.2 Å². The molecule has 3 aromatic rings. The largest absolute Gasteiger partial charge is 0.494 e. The second-order valence-electron chi connectivity index (χ2n) is 10.3. The SMILES string of the molecule is CCOc1ccc(S(=O)(=O)N(CC(=O)N(Cc2ccccc2Cl)[C@H](CC)C(=O)NC2CCCC2)c2ccccc2)cc1. The molecule has 1 fully saturated rings. The van der Waals surface area contributed by atoms with Crippen molar-refractivity contribution in [3.63, 3.8) is 0 Å². The number of amides is 2. The van der Waals surface area contributed by atoms with E-state index in [0.717, 1.165) is 30.0 Å². The fourth-order valence-corrected chi connectivity index (χ4v) is 6.83. The molecule has 4 rings (SSSR count). The van der Waals surface area contributed by atoms with Crippen LogP contribution in [0.25, 0.3) is 0 Å². The van der Waals surface area contributed by atoms with Gasteiger partial charge in [-0.3, -0.25) is 13.9 Å². The van der Waals surface area contributed by atoms with E-state index in [1.54, 1.807) is 60.7 Å². The molecule has 2 amide bonds.